The lowest BCUT2D eigenvalue weighted by Crippen LogP contribution is -2.40. The van der Waals surface area contributed by atoms with Gasteiger partial charge in [0.15, 0.2) is 12.1 Å². The predicted octanol–water partition coefficient (Wildman–Crippen LogP) is 3.76. The lowest BCUT2D eigenvalue weighted by atomic mass is 10.1. The van der Waals surface area contributed by atoms with Crippen LogP contribution in [0.25, 0.3) is 0 Å². The van der Waals surface area contributed by atoms with E-state index < -0.39 is 12.1 Å². The van der Waals surface area contributed by atoms with Crippen LogP contribution in [0.4, 0.5) is 11.4 Å². The summed E-state index contributed by atoms with van der Waals surface area (Å²) in [5.74, 6) is -0.720. The average molecular weight is 369 g/mol. The third-order valence-corrected chi connectivity index (χ3v) is 5.43. The van der Waals surface area contributed by atoms with Crippen LogP contribution in [0.2, 0.25) is 5.02 Å². The molecule has 2 atom stereocenters. The lowest BCUT2D eigenvalue weighted by Gasteiger charge is -2.23. The Balaban J connectivity index is 1.74. The number of carbonyl (C=O) groups is 2. The highest BCUT2D eigenvalue weighted by Gasteiger charge is 2.55. The molecule has 0 saturated carbocycles. The molecule has 1 saturated heterocycles. The molecule has 132 valence electrons. The van der Waals surface area contributed by atoms with Crippen LogP contribution in [0.1, 0.15) is 16.7 Å². The van der Waals surface area contributed by atoms with E-state index in [1.807, 2.05) is 39.0 Å². The highest BCUT2D eigenvalue weighted by atomic mass is 35.5. The molecule has 2 heterocycles. The van der Waals surface area contributed by atoms with Crippen LogP contribution in [0.5, 0.6) is 0 Å². The molecule has 2 amide bonds. The molecule has 0 N–H and O–H groups in total. The Morgan fingerprint density at radius 1 is 1.00 bits per heavy atom. The third-order valence-electron chi connectivity index (χ3n) is 5.02. The second-order valence-corrected chi connectivity index (χ2v) is 7.01. The fraction of sp³-hybridized carbons (Fsp3) is 0.263. The number of amides is 2. The number of aryl methyl sites for hydroxylation is 2. The zero-order valence-corrected chi connectivity index (χ0v) is 15.4. The molecule has 0 spiro atoms. The van der Waals surface area contributed by atoms with Gasteiger partial charge in [0.25, 0.3) is 11.8 Å². The van der Waals surface area contributed by atoms with E-state index >= 15 is 0 Å². The van der Waals surface area contributed by atoms with Gasteiger partial charge in [-0.15, -0.1) is 0 Å². The summed E-state index contributed by atoms with van der Waals surface area (Å²) >= 11 is 6.17. The number of imide groups is 1. The van der Waals surface area contributed by atoms with Crippen LogP contribution < -0.4 is 9.91 Å². The summed E-state index contributed by atoms with van der Waals surface area (Å²) < 4.78 is 0. The van der Waals surface area contributed by atoms with E-state index in [9.17, 15) is 9.59 Å². The summed E-state index contributed by atoms with van der Waals surface area (Å²) in [7, 11) is 0. The minimum Gasteiger partial charge on any atom is -0.271 e. The molecule has 2 unspecified atom stereocenters. The summed E-state index contributed by atoms with van der Waals surface area (Å²) in [6.07, 6.45) is 0. The van der Waals surface area contributed by atoms with Gasteiger partial charge < -0.3 is 0 Å². The number of hydrogen-bond donors (Lipinski definition) is 0. The first kappa shape index (κ1) is 16.7. The first-order valence-corrected chi connectivity index (χ1v) is 8.68. The van der Waals surface area contributed by atoms with Crippen LogP contribution in [0.15, 0.2) is 46.7 Å². The smallest absolute Gasteiger partial charge is 0.263 e. The molecule has 2 aromatic carbocycles. The summed E-state index contributed by atoms with van der Waals surface area (Å²) in [4.78, 5) is 27.0. The Bertz CT molecular complexity index is 972. The van der Waals surface area contributed by atoms with E-state index in [1.165, 1.54) is 0 Å². The van der Waals surface area contributed by atoms with Crippen molar-refractivity contribution in [2.75, 3.05) is 9.91 Å². The van der Waals surface area contributed by atoms with Crippen LogP contribution in [0, 0.1) is 20.8 Å². The molecule has 4 rings (SSSR count). The van der Waals surface area contributed by atoms with Gasteiger partial charge in [-0.3, -0.25) is 9.59 Å². The highest BCUT2D eigenvalue weighted by Crippen LogP contribution is 2.37. The van der Waals surface area contributed by atoms with Crippen LogP contribution in [0.3, 0.4) is 0 Å². The first-order valence-electron chi connectivity index (χ1n) is 8.30. The number of halogens is 1. The van der Waals surface area contributed by atoms with E-state index in [-0.39, 0.29) is 11.8 Å². The number of anilines is 2. The second kappa shape index (κ2) is 5.92. The number of benzene rings is 2. The average Bonchev–Trinajstić information content (AvgIpc) is 3.14. The first-order chi connectivity index (χ1) is 12.4. The number of fused-ring (bicyclic) bond motifs is 1. The molecule has 26 heavy (non-hydrogen) atoms. The molecule has 6 nitrogen and oxygen atoms in total. The SMILES string of the molecule is Cc1ccc(N2C(=O)C3N=NN(c4cccc(C)c4C)C3C2=O)cc1Cl. The Morgan fingerprint density at radius 2 is 1.77 bits per heavy atom. The van der Waals surface area contributed by atoms with Gasteiger partial charge in [-0.25, -0.2) is 9.91 Å². The Kier molecular flexibility index (Phi) is 3.80. The molecule has 0 aliphatic carbocycles. The van der Waals surface area contributed by atoms with Crippen molar-refractivity contribution < 1.29 is 9.59 Å². The van der Waals surface area contributed by atoms with Gasteiger partial charge in [0.2, 0.25) is 0 Å². The fourth-order valence-corrected chi connectivity index (χ4v) is 3.49. The van der Waals surface area contributed by atoms with Gasteiger partial charge in [-0.2, -0.15) is 5.11 Å². The highest BCUT2D eigenvalue weighted by molar-refractivity contribution is 6.32. The topological polar surface area (TPSA) is 65.3 Å². The maximum Gasteiger partial charge on any atom is 0.263 e. The van der Waals surface area contributed by atoms with Crippen molar-refractivity contribution in [2.24, 2.45) is 10.3 Å². The van der Waals surface area contributed by atoms with Crippen molar-refractivity contribution in [3.8, 4) is 0 Å². The maximum atomic E-state index is 13.1. The van der Waals surface area contributed by atoms with Gasteiger partial charge in [-0.1, -0.05) is 35.0 Å². The van der Waals surface area contributed by atoms with Gasteiger partial charge in [0.05, 0.1) is 11.4 Å². The zero-order chi connectivity index (χ0) is 18.6. The Morgan fingerprint density at radius 3 is 2.50 bits per heavy atom. The lowest BCUT2D eigenvalue weighted by molar-refractivity contribution is -0.121. The molecule has 0 radical (unpaired) electrons. The van der Waals surface area contributed by atoms with Crippen molar-refractivity contribution >= 4 is 34.8 Å². The minimum atomic E-state index is -0.831. The van der Waals surface area contributed by atoms with Crippen LogP contribution >= 0.6 is 11.6 Å². The molecule has 1 fully saturated rings. The van der Waals surface area contributed by atoms with E-state index in [0.29, 0.717) is 10.7 Å². The van der Waals surface area contributed by atoms with Crippen molar-refractivity contribution in [3.05, 3.63) is 58.1 Å². The van der Waals surface area contributed by atoms with E-state index in [4.69, 9.17) is 11.6 Å². The molecule has 0 bridgehead atoms. The van der Waals surface area contributed by atoms with E-state index in [2.05, 4.69) is 10.3 Å². The zero-order valence-electron chi connectivity index (χ0n) is 14.6. The summed E-state index contributed by atoms with van der Waals surface area (Å²) in [6, 6.07) is 9.32. The van der Waals surface area contributed by atoms with Crippen LogP contribution in [-0.4, -0.2) is 23.9 Å². The molecular formula is C19H17ClN4O2. The Labute approximate surface area is 156 Å². The summed E-state index contributed by atoms with van der Waals surface area (Å²) in [5.41, 5.74) is 4.21. The normalized spacial score (nSPS) is 21.7. The van der Waals surface area contributed by atoms with E-state index in [0.717, 1.165) is 27.3 Å². The van der Waals surface area contributed by atoms with Crippen molar-refractivity contribution in [1.29, 1.82) is 0 Å². The second-order valence-electron chi connectivity index (χ2n) is 6.60. The molecular weight excluding hydrogens is 352 g/mol. The monoisotopic (exact) mass is 368 g/mol. The van der Waals surface area contributed by atoms with Crippen molar-refractivity contribution in [1.82, 2.24) is 0 Å². The number of nitrogens with zero attached hydrogens (tertiary/aromatic N) is 4. The van der Waals surface area contributed by atoms with Gasteiger partial charge in [0, 0.05) is 5.02 Å². The maximum absolute atomic E-state index is 13.1. The number of rotatable bonds is 2. The third kappa shape index (κ3) is 2.33. The van der Waals surface area contributed by atoms with Crippen LogP contribution in [-0.2, 0) is 9.59 Å². The predicted molar refractivity (Wildman–Crippen MR) is 99.5 cm³/mol. The molecule has 0 aromatic heterocycles. The Hall–Kier alpha value is -2.73. The quantitative estimate of drug-likeness (QED) is 0.758. The summed E-state index contributed by atoms with van der Waals surface area (Å²) in [5, 5.41) is 10.3. The molecule has 2 aliphatic rings. The largest absolute Gasteiger partial charge is 0.271 e. The van der Waals surface area contributed by atoms with E-state index in [1.54, 1.807) is 23.2 Å². The summed E-state index contributed by atoms with van der Waals surface area (Å²) in [6.45, 7) is 5.82. The van der Waals surface area contributed by atoms with Crippen molar-refractivity contribution in [3.63, 3.8) is 0 Å². The number of carbonyl (C=O) groups excluding carboxylic acids is 2. The van der Waals surface area contributed by atoms with Crippen molar-refractivity contribution in [2.45, 2.75) is 32.9 Å². The fourth-order valence-electron chi connectivity index (χ4n) is 3.32. The van der Waals surface area contributed by atoms with Gasteiger partial charge in [-0.05, 0) is 55.7 Å². The molecule has 7 heteroatoms. The molecule has 2 aromatic rings. The van der Waals surface area contributed by atoms with Gasteiger partial charge >= 0.3 is 0 Å². The number of hydrogen-bond acceptors (Lipinski definition) is 5. The standard InChI is InChI=1S/C19H17ClN4O2/c1-10-5-4-6-15(12(10)3)24-17-16(21-22-24)18(25)23(19(17)26)13-8-7-11(2)14(20)9-13/h4-9,16-17H,1-3H3. The minimum absolute atomic E-state index is 0.342. The van der Waals surface area contributed by atoms with Gasteiger partial charge in [0.1, 0.15) is 0 Å². The molecule has 2 aliphatic heterocycles.